The number of hydrogen-bond acceptors (Lipinski definition) is 2. The summed E-state index contributed by atoms with van der Waals surface area (Å²) in [7, 11) is 0. The molecule has 17 heavy (non-hydrogen) atoms. The highest BCUT2D eigenvalue weighted by atomic mass is 16.1. The molecule has 100 valence electrons. The van der Waals surface area contributed by atoms with Crippen LogP contribution in [0.3, 0.4) is 0 Å². The molecule has 1 amide bonds. The van der Waals surface area contributed by atoms with E-state index in [0.29, 0.717) is 24.3 Å². The fraction of sp³-hybridized carbons (Fsp3) is 0.929. The Morgan fingerprint density at radius 1 is 1.47 bits per heavy atom. The van der Waals surface area contributed by atoms with Crippen LogP contribution in [0.1, 0.15) is 52.9 Å². The lowest BCUT2D eigenvalue weighted by Gasteiger charge is -2.28. The molecule has 0 radical (unpaired) electrons. The number of hydrogen-bond donors (Lipinski definition) is 2. The van der Waals surface area contributed by atoms with E-state index in [4.69, 9.17) is 0 Å². The second-order valence-corrected chi connectivity index (χ2v) is 5.55. The summed E-state index contributed by atoms with van der Waals surface area (Å²) in [6.07, 6.45) is 5.41. The van der Waals surface area contributed by atoms with E-state index in [1.807, 2.05) is 0 Å². The minimum atomic E-state index is 0.226. The third-order valence-corrected chi connectivity index (χ3v) is 3.78. The fourth-order valence-electron chi connectivity index (χ4n) is 2.66. The third-order valence-electron chi connectivity index (χ3n) is 3.78. The van der Waals surface area contributed by atoms with E-state index in [1.165, 1.54) is 12.8 Å². The van der Waals surface area contributed by atoms with Crippen LogP contribution in [0.5, 0.6) is 0 Å². The molecule has 0 aliphatic carbocycles. The number of amides is 1. The molecule has 3 atom stereocenters. The molecule has 0 aromatic heterocycles. The zero-order valence-electron chi connectivity index (χ0n) is 11.6. The van der Waals surface area contributed by atoms with Crippen molar-refractivity contribution in [3.63, 3.8) is 0 Å². The minimum absolute atomic E-state index is 0.226. The number of carbonyl (C=O) groups is 1. The molecule has 0 saturated carbocycles. The molecule has 0 aromatic rings. The molecular formula is C14H28N2O. The topological polar surface area (TPSA) is 41.1 Å². The molecule has 1 aliphatic rings. The van der Waals surface area contributed by atoms with Crippen LogP contribution in [-0.2, 0) is 4.79 Å². The third kappa shape index (κ3) is 5.53. The normalized spacial score (nSPS) is 24.1. The van der Waals surface area contributed by atoms with Crippen molar-refractivity contribution >= 4 is 5.91 Å². The lowest BCUT2D eigenvalue weighted by atomic mass is 9.85. The van der Waals surface area contributed by atoms with Crippen LogP contribution < -0.4 is 10.6 Å². The maximum Gasteiger partial charge on any atom is 0.220 e. The highest BCUT2D eigenvalue weighted by Crippen LogP contribution is 2.22. The first kappa shape index (κ1) is 14.5. The Labute approximate surface area is 106 Å². The van der Waals surface area contributed by atoms with Gasteiger partial charge in [0.1, 0.15) is 0 Å². The summed E-state index contributed by atoms with van der Waals surface area (Å²) in [5.74, 6) is 1.40. The molecule has 1 rings (SSSR count). The van der Waals surface area contributed by atoms with Crippen molar-refractivity contribution in [2.45, 2.75) is 58.9 Å². The van der Waals surface area contributed by atoms with Crippen LogP contribution in [0.25, 0.3) is 0 Å². The Hall–Kier alpha value is -0.570. The van der Waals surface area contributed by atoms with Crippen molar-refractivity contribution in [3.05, 3.63) is 0 Å². The SMILES string of the molecule is CCCC(C)NC(=O)CC(C)C1CCCNC1. The average Bonchev–Trinajstić information content (AvgIpc) is 2.30. The van der Waals surface area contributed by atoms with Gasteiger partial charge in [-0.2, -0.15) is 0 Å². The van der Waals surface area contributed by atoms with E-state index in [2.05, 4.69) is 31.4 Å². The Bertz CT molecular complexity index is 224. The Morgan fingerprint density at radius 2 is 2.24 bits per heavy atom. The fourth-order valence-corrected chi connectivity index (χ4v) is 2.66. The van der Waals surface area contributed by atoms with Crippen molar-refractivity contribution in [3.8, 4) is 0 Å². The predicted molar refractivity (Wildman–Crippen MR) is 71.9 cm³/mol. The van der Waals surface area contributed by atoms with Gasteiger partial charge in [-0.3, -0.25) is 4.79 Å². The number of nitrogens with one attached hydrogen (secondary N) is 2. The summed E-state index contributed by atoms with van der Waals surface area (Å²) in [4.78, 5) is 11.8. The Morgan fingerprint density at radius 3 is 2.82 bits per heavy atom. The largest absolute Gasteiger partial charge is 0.354 e. The van der Waals surface area contributed by atoms with Crippen LogP contribution in [0.2, 0.25) is 0 Å². The van der Waals surface area contributed by atoms with Gasteiger partial charge in [0, 0.05) is 12.5 Å². The molecule has 1 heterocycles. The van der Waals surface area contributed by atoms with E-state index in [9.17, 15) is 4.79 Å². The first-order chi connectivity index (χ1) is 8.13. The molecule has 1 aliphatic heterocycles. The molecule has 3 nitrogen and oxygen atoms in total. The van der Waals surface area contributed by atoms with Crippen LogP contribution in [0.15, 0.2) is 0 Å². The van der Waals surface area contributed by atoms with Gasteiger partial charge in [-0.25, -0.2) is 0 Å². The maximum atomic E-state index is 11.8. The van der Waals surface area contributed by atoms with E-state index in [0.717, 1.165) is 25.9 Å². The van der Waals surface area contributed by atoms with Gasteiger partial charge in [-0.15, -0.1) is 0 Å². The Balaban J connectivity index is 2.24. The van der Waals surface area contributed by atoms with E-state index < -0.39 is 0 Å². The average molecular weight is 240 g/mol. The monoisotopic (exact) mass is 240 g/mol. The van der Waals surface area contributed by atoms with Gasteiger partial charge in [0.25, 0.3) is 0 Å². The van der Waals surface area contributed by atoms with E-state index in [1.54, 1.807) is 0 Å². The number of rotatable bonds is 6. The zero-order valence-corrected chi connectivity index (χ0v) is 11.6. The number of carbonyl (C=O) groups excluding carboxylic acids is 1. The van der Waals surface area contributed by atoms with Gasteiger partial charge in [-0.1, -0.05) is 20.3 Å². The van der Waals surface area contributed by atoms with Crippen LogP contribution in [0, 0.1) is 11.8 Å². The summed E-state index contributed by atoms with van der Waals surface area (Å²) in [6, 6.07) is 0.323. The lowest BCUT2D eigenvalue weighted by Crippen LogP contribution is -2.37. The van der Waals surface area contributed by atoms with Crippen molar-refractivity contribution in [1.82, 2.24) is 10.6 Å². The first-order valence-corrected chi connectivity index (χ1v) is 7.13. The minimum Gasteiger partial charge on any atom is -0.354 e. The molecule has 1 saturated heterocycles. The van der Waals surface area contributed by atoms with Crippen LogP contribution in [-0.4, -0.2) is 25.0 Å². The summed E-state index contributed by atoms with van der Waals surface area (Å²) in [6.45, 7) is 8.68. The van der Waals surface area contributed by atoms with Crippen molar-refractivity contribution in [2.75, 3.05) is 13.1 Å². The lowest BCUT2D eigenvalue weighted by molar-refractivity contribution is -0.123. The van der Waals surface area contributed by atoms with Crippen molar-refractivity contribution in [1.29, 1.82) is 0 Å². The summed E-state index contributed by atoms with van der Waals surface area (Å²) >= 11 is 0. The summed E-state index contributed by atoms with van der Waals surface area (Å²) in [5.41, 5.74) is 0. The first-order valence-electron chi connectivity index (χ1n) is 7.13. The molecule has 0 bridgehead atoms. The molecule has 2 N–H and O–H groups in total. The van der Waals surface area contributed by atoms with Crippen molar-refractivity contribution in [2.24, 2.45) is 11.8 Å². The number of piperidine rings is 1. The highest BCUT2D eigenvalue weighted by molar-refractivity contribution is 5.76. The quantitative estimate of drug-likeness (QED) is 0.748. The molecule has 0 spiro atoms. The van der Waals surface area contributed by atoms with Crippen LogP contribution >= 0.6 is 0 Å². The van der Waals surface area contributed by atoms with Crippen LogP contribution in [0.4, 0.5) is 0 Å². The second-order valence-electron chi connectivity index (χ2n) is 5.55. The summed E-state index contributed by atoms with van der Waals surface area (Å²) in [5, 5.41) is 6.51. The predicted octanol–water partition coefficient (Wildman–Crippen LogP) is 2.32. The van der Waals surface area contributed by atoms with E-state index >= 15 is 0 Å². The maximum absolute atomic E-state index is 11.8. The van der Waals surface area contributed by atoms with E-state index in [-0.39, 0.29) is 5.91 Å². The van der Waals surface area contributed by atoms with Gasteiger partial charge >= 0.3 is 0 Å². The second kappa shape index (κ2) is 7.70. The Kier molecular flexibility index (Phi) is 6.56. The zero-order chi connectivity index (χ0) is 12.7. The summed E-state index contributed by atoms with van der Waals surface area (Å²) < 4.78 is 0. The van der Waals surface area contributed by atoms with Gasteiger partial charge < -0.3 is 10.6 Å². The molecule has 0 aromatic carbocycles. The van der Waals surface area contributed by atoms with Gasteiger partial charge in [-0.05, 0) is 51.1 Å². The highest BCUT2D eigenvalue weighted by Gasteiger charge is 2.22. The molecule has 3 unspecified atom stereocenters. The molecular weight excluding hydrogens is 212 g/mol. The molecule has 3 heteroatoms. The van der Waals surface area contributed by atoms with Gasteiger partial charge in [0.05, 0.1) is 0 Å². The standard InChI is InChI=1S/C14H28N2O/c1-4-6-12(3)16-14(17)9-11(2)13-7-5-8-15-10-13/h11-13,15H,4-10H2,1-3H3,(H,16,17). The van der Waals surface area contributed by atoms with Crippen molar-refractivity contribution < 1.29 is 4.79 Å². The van der Waals surface area contributed by atoms with Gasteiger partial charge in [0.2, 0.25) is 5.91 Å². The van der Waals surface area contributed by atoms with Gasteiger partial charge in [0.15, 0.2) is 0 Å². The smallest absolute Gasteiger partial charge is 0.220 e. The molecule has 1 fully saturated rings.